The summed E-state index contributed by atoms with van der Waals surface area (Å²) in [6.07, 6.45) is 1.76. The highest BCUT2D eigenvalue weighted by molar-refractivity contribution is 7.17. The van der Waals surface area contributed by atoms with Crippen molar-refractivity contribution in [3.63, 3.8) is 0 Å². The average Bonchev–Trinajstić information content (AvgIpc) is 3.28. The molecule has 6 rings (SSSR count). The maximum absolute atomic E-state index is 13.1. The van der Waals surface area contributed by atoms with E-state index in [9.17, 15) is 9.59 Å². The van der Waals surface area contributed by atoms with Crippen LogP contribution >= 0.6 is 11.3 Å². The number of Topliss-reactive ketones (excluding diaryl/α,β-unsaturated/α-hetero) is 2. The molecule has 1 N–H and O–H groups in total. The Hall–Kier alpha value is -3.50. The van der Waals surface area contributed by atoms with Crippen molar-refractivity contribution >= 4 is 50.4 Å². The first-order valence-electron chi connectivity index (χ1n) is 10.3. The highest BCUT2D eigenvalue weighted by atomic mass is 32.1. The van der Waals surface area contributed by atoms with E-state index >= 15 is 0 Å². The largest absolute Gasteiger partial charge is 0.347 e. The summed E-state index contributed by atoms with van der Waals surface area (Å²) >= 11 is 1.58. The number of rotatable bonds is 1. The number of fused-ring (bicyclic) bond motifs is 4. The van der Waals surface area contributed by atoms with E-state index in [4.69, 9.17) is 0 Å². The molecule has 0 saturated carbocycles. The van der Waals surface area contributed by atoms with Crippen LogP contribution in [0.2, 0.25) is 0 Å². The zero-order valence-corrected chi connectivity index (χ0v) is 18.0. The van der Waals surface area contributed by atoms with Gasteiger partial charge in [0, 0.05) is 27.1 Å². The second kappa shape index (κ2) is 6.25. The second-order valence-corrected chi connectivity index (χ2v) is 9.73. The topological polar surface area (TPSA) is 46.2 Å². The molecule has 0 atom stereocenters. The Labute approximate surface area is 184 Å². The lowest BCUT2D eigenvalue weighted by Gasteiger charge is -2.33. The first-order chi connectivity index (χ1) is 14.9. The maximum Gasteiger partial charge on any atom is 0.197 e. The molecule has 0 radical (unpaired) electrons. The van der Waals surface area contributed by atoms with E-state index in [-0.39, 0.29) is 22.6 Å². The van der Waals surface area contributed by atoms with Crippen LogP contribution in [0, 0.1) is 0 Å². The normalized spacial score (nSPS) is 16.0. The molecule has 4 aromatic rings. The molecule has 2 heterocycles. The molecule has 0 fully saturated rings. The molecule has 3 nitrogen and oxygen atoms in total. The predicted molar refractivity (Wildman–Crippen MR) is 127 cm³/mol. The zero-order valence-electron chi connectivity index (χ0n) is 17.2. The molecule has 31 heavy (non-hydrogen) atoms. The molecule has 2 aliphatic rings. The number of nitrogens with one attached hydrogen (secondary N) is 1. The van der Waals surface area contributed by atoms with Crippen molar-refractivity contribution < 1.29 is 9.59 Å². The van der Waals surface area contributed by atoms with Gasteiger partial charge in [0.25, 0.3) is 0 Å². The lowest BCUT2D eigenvalue weighted by Crippen LogP contribution is -2.24. The van der Waals surface area contributed by atoms with Crippen molar-refractivity contribution in [2.75, 3.05) is 5.32 Å². The van der Waals surface area contributed by atoms with Crippen LogP contribution in [0.4, 0.5) is 10.7 Å². The lowest BCUT2D eigenvalue weighted by molar-refractivity contribution is 0.0990. The van der Waals surface area contributed by atoms with Crippen LogP contribution in [-0.4, -0.2) is 11.6 Å². The third-order valence-corrected chi connectivity index (χ3v) is 7.42. The van der Waals surface area contributed by atoms with Crippen LogP contribution in [0.3, 0.4) is 0 Å². The second-order valence-electron chi connectivity index (χ2n) is 8.65. The molecule has 0 saturated heterocycles. The van der Waals surface area contributed by atoms with Crippen LogP contribution in [0.25, 0.3) is 16.8 Å². The van der Waals surface area contributed by atoms with E-state index in [2.05, 4.69) is 43.4 Å². The number of para-hydroxylation sites is 1. The Morgan fingerprint density at radius 1 is 0.806 bits per heavy atom. The predicted octanol–water partition coefficient (Wildman–Crippen LogP) is 6.75. The number of benzene rings is 3. The molecule has 0 spiro atoms. The van der Waals surface area contributed by atoms with Crippen LogP contribution in [0.5, 0.6) is 0 Å². The first kappa shape index (κ1) is 18.3. The van der Waals surface area contributed by atoms with Gasteiger partial charge in [0.15, 0.2) is 11.6 Å². The number of carbonyl (C=O) groups is 2. The molecule has 1 aromatic heterocycles. The van der Waals surface area contributed by atoms with Crippen molar-refractivity contribution in [1.82, 2.24) is 0 Å². The van der Waals surface area contributed by atoms with Gasteiger partial charge in [0.2, 0.25) is 0 Å². The standard InChI is InChI=1S/C27H19NO2S/c1-27(2)21-9-5-6-10-23(21)28-26-22(27)14-17(31-26)13-20-24(29)18-11-15-7-3-4-8-16(15)12-19(18)25(20)30/h3-14,28H,1-2H3. The average molecular weight is 422 g/mol. The highest BCUT2D eigenvalue weighted by Crippen LogP contribution is 2.49. The summed E-state index contributed by atoms with van der Waals surface area (Å²) in [6, 6.07) is 21.9. The van der Waals surface area contributed by atoms with Crippen molar-refractivity contribution in [3.05, 3.63) is 99.4 Å². The number of hydrogen-bond acceptors (Lipinski definition) is 4. The van der Waals surface area contributed by atoms with E-state index in [1.54, 1.807) is 17.4 Å². The van der Waals surface area contributed by atoms with Gasteiger partial charge in [0.1, 0.15) is 0 Å². The number of ketones is 2. The van der Waals surface area contributed by atoms with Gasteiger partial charge in [0.05, 0.1) is 10.6 Å². The smallest absolute Gasteiger partial charge is 0.197 e. The Morgan fingerprint density at radius 3 is 2.10 bits per heavy atom. The molecule has 0 unspecified atom stereocenters. The Balaban J connectivity index is 1.44. The molecule has 0 amide bonds. The molecule has 150 valence electrons. The summed E-state index contributed by atoms with van der Waals surface area (Å²) in [5.41, 5.74) is 4.63. The Bertz CT molecular complexity index is 1420. The SMILES string of the molecule is CC1(C)c2ccccc2Nc2sc(C=C3C(=O)c4cc5ccccc5cc4C3=O)cc21. The quantitative estimate of drug-likeness (QED) is 0.273. The summed E-state index contributed by atoms with van der Waals surface area (Å²) < 4.78 is 0. The van der Waals surface area contributed by atoms with Crippen LogP contribution in [0.15, 0.2) is 72.3 Å². The van der Waals surface area contributed by atoms with Gasteiger partial charge in [-0.2, -0.15) is 0 Å². The summed E-state index contributed by atoms with van der Waals surface area (Å²) in [7, 11) is 0. The molecule has 4 heteroatoms. The Kier molecular flexibility index (Phi) is 3.69. The van der Waals surface area contributed by atoms with Crippen molar-refractivity contribution in [3.8, 4) is 0 Å². The van der Waals surface area contributed by atoms with Gasteiger partial charge in [-0.1, -0.05) is 56.3 Å². The van der Waals surface area contributed by atoms with Crippen LogP contribution in [0.1, 0.15) is 50.6 Å². The number of anilines is 2. The van der Waals surface area contributed by atoms with Gasteiger partial charge in [-0.3, -0.25) is 9.59 Å². The van der Waals surface area contributed by atoms with Crippen molar-refractivity contribution in [1.29, 1.82) is 0 Å². The highest BCUT2D eigenvalue weighted by Gasteiger charge is 2.36. The number of hydrogen-bond donors (Lipinski definition) is 1. The van der Waals surface area contributed by atoms with E-state index in [1.165, 1.54) is 11.1 Å². The molecule has 1 aliphatic carbocycles. The molecule has 3 aromatic carbocycles. The van der Waals surface area contributed by atoms with Crippen LogP contribution < -0.4 is 5.32 Å². The number of carbonyl (C=O) groups excluding carboxylic acids is 2. The third kappa shape index (κ3) is 2.58. The molecular weight excluding hydrogens is 402 g/mol. The lowest BCUT2D eigenvalue weighted by atomic mass is 9.76. The fourth-order valence-corrected chi connectivity index (χ4v) is 5.90. The number of allylic oxidation sites excluding steroid dienone is 1. The fourth-order valence-electron chi connectivity index (χ4n) is 4.73. The zero-order chi connectivity index (χ0) is 21.3. The maximum atomic E-state index is 13.1. The fraction of sp³-hybridized carbons (Fsp3) is 0.111. The van der Waals surface area contributed by atoms with E-state index < -0.39 is 0 Å². The van der Waals surface area contributed by atoms with E-state index in [1.807, 2.05) is 42.5 Å². The van der Waals surface area contributed by atoms with E-state index in [0.717, 1.165) is 26.3 Å². The summed E-state index contributed by atoms with van der Waals surface area (Å²) in [5, 5.41) is 6.53. The van der Waals surface area contributed by atoms with Gasteiger partial charge in [-0.05, 0) is 52.2 Å². The minimum absolute atomic E-state index is 0.158. The molecule has 1 aliphatic heterocycles. The minimum atomic E-state index is -0.187. The first-order valence-corrected chi connectivity index (χ1v) is 11.1. The summed E-state index contributed by atoms with van der Waals surface area (Å²) in [6.45, 7) is 4.42. The summed E-state index contributed by atoms with van der Waals surface area (Å²) in [4.78, 5) is 27.1. The summed E-state index contributed by atoms with van der Waals surface area (Å²) in [5.74, 6) is -0.375. The molecule has 0 bridgehead atoms. The number of thiophene rings is 1. The monoisotopic (exact) mass is 421 g/mol. The van der Waals surface area contributed by atoms with Crippen LogP contribution in [-0.2, 0) is 5.41 Å². The Morgan fingerprint density at radius 2 is 1.42 bits per heavy atom. The van der Waals surface area contributed by atoms with Crippen molar-refractivity contribution in [2.45, 2.75) is 19.3 Å². The van der Waals surface area contributed by atoms with Gasteiger partial charge in [-0.15, -0.1) is 11.3 Å². The third-order valence-electron chi connectivity index (χ3n) is 6.42. The van der Waals surface area contributed by atoms with E-state index in [0.29, 0.717) is 11.1 Å². The molecular formula is C27H19NO2S. The van der Waals surface area contributed by atoms with Gasteiger partial charge in [-0.25, -0.2) is 0 Å². The minimum Gasteiger partial charge on any atom is -0.347 e. The van der Waals surface area contributed by atoms with Gasteiger partial charge >= 0.3 is 0 Å². The van der Waals surface area contributed by atoms with Crippen molar-refractivity contribution in [2.24, 2.45) is 0 Å². The van der Waals surface area contributed by atoms with Gasteiger partial charge < -0.3 is 5.32 Å².